The molecule has 11 heteroatoms. The minimum absolute atomic E-state index is 0.0135. The van der Waals surface area contributed by atoms with Gasteiger partial charge in [-0.25, -0.2) is 0 Å². The highest BCUT2D eigenvalue weighted by Gasteiger charge is 2.43. The second kappa shape index (κ2) is 9.57. The molecule has 1 N–H and O–H groups in total. The Morgan fingerprint density at radius 3 is 1.92 bits per heavy atom. The van der Waals surface area contributed by atoms with Gasteiger partial charge in [-0.1, -0.05) is 0 Å². The second-order valence-electron chi connectivity index (χ2n) is 4.95. The van der Waals surface area contributed by atoms with E-state index in [2.05, 4.69) is 0 Å². The van der Waals surface area contributed by atoms with Gasteiger partial charge in [0, 0.05) is 12.1 Å². The van der Waals surface area contributed by atoms with Crippen molar-refractivity contribution < 1.29 is 32.7 Å². The number of non-ortho nitro benzene ring substituents is 1. The summed E-state index contributed by atoms with van der Waals surface area (Å²) >= 11 is 0. The Hall–Kier alpha value is -1.08. The van der Waals surface area contributed by atoms with E-state index in [9.17, 15) is 24.4 Å². The molecule has 0 saturated heterocycles. The van der Waals surface area contributed by atoms with E-state index < -0.39 is 31.6 Å². The summed E-state index contributed by atoms with van der Waals surface area (Å²) < 4.78 is 41.4. The van der Waals surface area contributed by atoms with Crippen molar-refractivity contribution in [2.24, 2.45) is 0 Å². The van der Waals surface area contributed by atoms with Crippen LogP contribution in [0, 0.1) is 10.1 Å². The molecule has 1 rings (SSSR count). The molecule has 9 nitrogen and oxygen atoms in total. The van der Waals surface area contributed by atoms with Crippen LogP contribution in [0.3, 0.4) is 0 Å². The maximum absolute atomic E-state index is 13.2. The third-order valence-corrected chi connectivity index (χ3v) is 9.15. The number of hydrogen-bond acceptors (Lipinski definition) is 8. The van der Waals surface area contributed by atoms with Crippen molar-refractivity contribution in [1.82, 2.24) is 0 Å². The molecule has 0 aliphatic heterocycles. The summed E-state index contributed by atoms with van der Waals surface area (Å²) in [5.74, 6) is -2.20. The van der Waals surface area contributed by atoms with Gasteiger partial charge in [0.1, 0.15) is 5.90 Å². The molecule has 142 valence electrons. The Bertz CT molecular complexity index is 653. The van der Waals surface area contributed by atoms with Crippen LogP contribution < -0.4 is 0 Å². The van der Waals surface area contributed by atoms with E-state index in [0.717, 1.165) is 0 Å². The van der Waals surface area contributed by atoms with Crippen LogP contribution >= 0.6 is 15.0 Å². The van der Waals surface area contributed by atoms with Crippen LogP contribution in [-0.4, -0.2) is 35.8 Å². The molecule has 0 aromatic heterocycles. The van der Waals surface area contributed by atoms with Gasteiger partial charge >= 0.3 is 7.60 Å². The zero-order valence-corrected chi connectivity index (χ0v) is 16.2. The summed E-state index contributed by atoms with van der Waals surface area (Å²) in [4.78, 5) is 10.1. The zero-order valence-electron chi connectivity index (χ0n) is 14.4. The first-order valence-electron chi connectivity index (χ1n) is 7.75. The topological polar surface area (TPSA) is 125 Å². The van der Waals surface area contributed by atoms with E-state index in [-0.39, 0.29) is 31.1 Å². The fourth-order valence-corrected chi connectivity index (χ4v) is 7.75. The maximum atomic E-state index is 13.2. The largest absolute Gasteiger partial charge is 0.378 e. The van der Waals surface area contributed by atoms with Gasteiger partial charge in [-0.2, -0.15) is 0 Å². The molecule has 25 heavy (non-hydrogen) atoms. The summed E-state index contributed by atoms with van der Waals surface area (Å²) in [5, 5.41) is 21.2. The van der Waals surface area contributed by atoms with Gasteiger partial charge in [-0.15, -0.1) is 0 Å². The SMILES string of the molecule is CCOP(=O)(CP(=O)(OCC)C(O)c1ccc([N+](=O)[O-])cc1)OCC. The Kier molecular flexibility index (Phi) is 8.41. The Balaban J connectivity index is 3.15. The van der Waals surface area contributed by atoms with Gasteiger partial charge in [-0.05, 0) is 38.5 Å². The molecule has 2 atom stereocenters. The first kappa shape index (κ1) is 22.0. The molecule has 1 aromatic carbocycles. The number of nitro groups is 1. The van der Waals surface area contributed by atoms with Crippen molar-refractivity contribution in [3.63, 3.8) is 0 Å². The molecule has 0 radical (unpaired) electrons. The van der Waals surface area contributed by atoms with Crippen molar-refractivity contribution in [3.8, 4) is 0 Å². The summed E-state index contributed by atoms with van der Waals surface area (Å²) in [6.45, 7) is 4.99. The van der Waals surface area contributed by atoms with Crippen molar-refractivity contribution in [1.29, 1.82) is 0 Å². The van der Waals surface area contributed by atoms with E-state index in [0.29, 0.717) is 0 Å². The molecule has 0 aliphatic rings. The van der Waals surface area contributed by atoms with Gasteiger partial charge in [0.05, 0.1) is 24.7 Å². The number of aliphatic hydroxyl groups is 1. The molecule has 0 fully saturated rings. The quantitative estimate of drug-likeness (QED) is 0.337. The molecule has 0 saturated carbocycles. The highest BCUT2D eigenvalue weighted by Crippen LogP contribution is 2.69. The van der Waals surface area contributed by atoms with Gasteiger partial charge in [0.2, 0.25) is 7.37 Å². The van der Waals surface area contributed by atoms with Crippen molar-refractivity contribution in [3.05, 3.63) is 39.9 Å². The summed E-state index contributed by atoms with van der Waals surface area (Å²) in [6.07, 6.45) is 0. The Morgan fingerprint density at radius 2 is 1.52 bits per heavy atom. The fraction of sp³-hybridized carbons (Fsp3) is 0.571. The summed E-state index contributed by atoms with van der Waals surface area (Å²) in [6, 6.07) is 4.92. The van der Waals surface area contributed by atoms with E-state index in [4.69, 9.17) is 13.6 Å². The smallest absolute Gasteiger partial charge is 0.340 e. The monoisotopic (exact) mass is 395 g/mol. The molecule has 0 spiro atoms. The lowest BCUT2D eigenvalue weighted by Gasteiger charge is -2.27. The number of nitro benzene ring substituents is 1. The third-order valence-electron chi connectivity index (χ3n) is 3.14. The third kappa shape index (κ3) is 5.99. The molecule has 0 amide bonds. The maximum Gasteiger partial charge on any atom is 0.340 e. The molecular formula is C14H23NO8P2. The number of benzene rings is 1. The predicted molar refractivity (Wildman–Crippen MR) is 93.0 cm³/mol. The van der Waals surface area contributed by atoms with Crippen LogP contribution in [0.4, 0.5) is 5.69 Å². The summed E-state index contributed by atoms with van der Waals surface area (Å²) in [7, 11) is -7.61. The van der Waals surface area contributed by atoms with Crippen molar-refractivity contribution in [2.75, 3.05) is 25.7 Å². The highest BCUT2D eigenvalue weighted by atomic mass is 31.2. The van der Waals surface area contributed by atoms with Crippen LogP contribution in [0.25, 0.3) is 0 Å². The van der Waals surface area contributed by atoms with Crippen LogP contribution in [-0.2, 0) is 22.7 Å². The number of nitrogens with zero attached hydrogens (tertiary/aromatic N) is 1. The molecule has 0 aliphatic carbocycles. The minimum Gasteiger partial charge on any atom is -0.378 e. The number of aliphatic hydroxyl groups excluding tert-OH is 1. The number of rotatable bonds is 11. The normalized spacial score (nSPS) is 15.5. The number of hydrogen-bond donors (Lipinski definition) is 1. The van der Waals surface area contributed by atoms with E-state index in [1.165, 1.54) is 24.3 Å². The van der Waals surface area contributed by atoms with E-state index >= 15 is 0 Å². The van der Waals surface area contributed by atoms with Gasteiger partial charge in [-0.3, -0.25) is 19.2 Å². The highest BCUT2D eigenvalue weighted by molar-refractivity contribution is 7.74. The van der Waals surface area contributed by atoms with Crippen molar-refractivity contribution in [2.45, 2.75) is 26.6 Å². The first-order chi connectivity index (χ1) is 11.7. The van der Waals surface area contributed by atoms with Gasteiger partial charge < -0.3 is 18.7 Å². The molecule has 2 unspecified atom stereocenters. The first-order valence-corrected chi connectivity index (χ1v) is 11.4. The van der Waals surface area contributed by atoms with Crippen LogP contribution in [0.15, 0.2) is 24.3 Å². The van der Waals surface area contributed by atoms with Crippen LogP contribution in [0.5, 0.6) is 0 Å². The molecular weight excluding hydrogens is 372 g/mol. The Labute approximate surface area is 146 Å². The van der Waals surface area contributed by atoms with Crippen LogP contribution in [0.1, 0.15) is 32.2 Å². The average molecular weight is 395 g/mol. The lowest BCUT2D eigenvalue weighted by atomic mass is 10.2. The average Bonchev–Trinajstić information content (AvgIpc) is 2.54. The lowest BCUT2D eigenvalue weighted by Crippen LogP contribution is -2.09. The minimum atomic E-state index is -3.88. The fourth-order valence-electron chi connectivity index (χ4n) is 2.16. The van der Waals surface area contributed by atoms with Crippen LogP contribution in [0.2, 0.25) is 0 Å². The molecule has 1 aromatic rings. The standard InChI is InChI=1S/C14H23NO8P2/c1-4-21-24(19,11-25(20,22-5-2)23-6-3)14(16)12-7-9-13(10-8-12)15(17)18/h7-10,14,16H,4-6,11H2,1-3H3. The Morgan fingerprint density at radius 1 is 1.04 bits per heavy atom. The zero-order chi connectivity index (χ0) is 19.1. The second-order valence-corrected chi connectivity index (χ2v) is 10.0. The lowest BCUT2D eigenvalue weighted by molar-refractivity contribution is -0.384. The molecule has 0 heterocycles. The van der Waals surface area contributed by atoms with Gasteiger partial charge in [0.25, 0.3) is 5.69 Å². The molecule has 0 bridgehead atoms. The summed E-state index contributed by atoms with van der Waals surface area (Å²) in [5.41, 5.74) is -0.0153. The van der Waals surface area contributed by atoms with E-state index in [1.807, 2.05) is 0 Å². The van der Waals surface area contributed by atoms with Crippen molar-refractivity contribution >= 4 is 20.7 Å². The van der Waals surface area contributed by atoms with Gasteiger partial charge in [0.15, 0.2) is 5.85 Å². The predicted octanol–water partition coefficient (Wildman–Crippen LogP) is 4.12. The van der Waals surface area contributed by atoms with E-state index in [1.54, 1.807) is 20.8 Å².